The highest BCUT2D eigenvalue weighted by Gasteiger charge is 2.37. The average Bonchev–Trinajstić information content (AvgIpc) is 3.16. The highest BCUT2D eigenvalue weighted by Crippen LogP contribution is 2.45. The Labute approximate surface area is 186 Å². The normalized spacial score (nSPS) is 14.9. The maximum absolute atomic E-state index is 12.2. The van der Waals surface area contributed by atoms with Crippen LogP contribution in [0.1, 0.15) is 22.7 Å². The van der Waals surface area contributed by atoms with E-state index in [4.69, 9.17) is 15.2 Å². The third-order valence-electron chi connectivity index (χ3n) is 5.41. The van der Waals surface area contributed by atoms with E-state index in [1.54, 1.807) is 4.68 Å². The lowest BCUT2D eigenvalue weighted by Crippen LogP contribution is -2.22. The fourth-order valence-corrected chi connectivity index (χ4v) is 3.79. The number of anilines is 1. The lowest BCUT2D eigenvalue weighted by Gasteiger charge is -2.25. The van der Waals surface area contributed by atoms with Gasteiger partial charge in [0.2, 0.25) is 11.8 Å². The number of nitrogens with zero attached hydrogens (tertiary/aromatic N) is 4. The Morgan fingerprint density at radius 2 is 1.91 bits per heavy atom. The van der Waals surface area contributed by atoms with Crippen molar-refractivity contribution in [2.24, 2.45) is 5.73 Å². The fourth-order valence-electron chi connectivity index (χ4n) is 3.79. The van der Waals surface area contributed by atoms with Crippen molar-refractivity contribution in [3.05, 3.63) is 82.9 Å². The number of carbonyl (C=O) groups excluding carboxylic acids is 1. The van der Waals surface area contributed by atoms with E-state index in [-0.39, 0.29) is 17.9 Å². The first-order valence-electron chi connectivity index (χ1n) is 10.0. The van der Waals surface area contributed by atoms with E-state index < -0.39 is 11.9 Å². The standard InChI is InChI=1S/C24H23N5O3/c1-28(2)16-11-9-15(10-12-16)21-18(14-25)23(26)32-24-22(21)19(13-20(30)31-3)27-29(24)17-7-5-4-6-8-17/h4-12,21H,13,26H2,1-3H3/t21-/m0/s1. The first-order chi connectivity index (χ1) is 15.4. The van der Waals surface area contributed by atoms with E-state index in [0.29, 0.717) is 17.1 Å². The molecule has 0 aliphatic carbocycles. The minimum atomic E-state index is -0.530. The molecule has 0 spiro atoms. The summed E-state index contributed by atoms with van der Waals surface area (Å²) in [5.41, 5.74) is 10.2. The van der Waals surface area contributed by atoms with Crippen LogP contribution in [0, 0.1) is 11.3 Å². The number of methoxy groups -OCH3 is 1. The lowest BCUT2D eigenvalue weighted by molar-refractivity contribution is -0.139. The van der Waals surface area contributed by atoms with Crippen LogP contribution in [-0.2, 0) is 16.0 Å². The molecule has 32 heavy (non-hydrogen) atoms. The number of fused-ring (bicyclic) bond motifs is 1. The molecule has 2 N–H and O–H groups in total. The van der Waals surface area contributed by atoms with Gasteiger partial charge in [0.05, 0.1) is 36.4 Å². The van der Waals surface area contributed by atoms with Gasteiger partial charge in [-0.1, -0.05) is 30.3 Å². The number of allylic oxidation sites excluding steroid dienone is 1. The van der Waals surface area contributed by atoms with Crippen molar-refractivity contribution < 1.29 is 14.3 Å². The summed E-state index contributed by atoms with van der Waals surface area (Å²) in [5.74, 6) is -0.568. The molecule has 2 aromatic carbocycles. The number of aromatic nitrogens is 2. The summed E-state index contributed by atoms with van der Waals surface area (Å²) in [6, 6.07) is 19.4. The van der Waals surface area contributed by atoms with Crippen molar-refractivity contribution in [2.45, 2.75) is 12.3 Å². The van der Waals surface area contributed by atoms with Gasteiger partial charge in [-0.15, -0.1) is 0 Å². The molecule has 0 saturated heterocycles. The van der Waals surface area contributed by atoms with Gasteiger partial charge in [0.25, 0.3) is 0 Å². The Hall–Kier alpha value is -4.25. The number of esters is 1. The molecule has 1 atom stereocenters. The van der Waals surface area contributed by atoms with Gasteiger partial charge in [0, 0.05) is 19.8 Å². The first-order valence-corrected chi connectivity index (χ1v) is 10.0. The minimum Gasteiger partial charge on any atom is -0.469 e. The number of nitriles is 1. The summed E-state index contributed by atoms with van der Waals surface area (Å²) in [6.45, 7) is 0. The zero-order valence-corrected chi connectivity index (χ0v) is 18.1. The van der Waals surface area contributed by atoms with Crippen LogP contribution in [0.5, 0.6) is 5.88 Å². The number of rotatable bonds is 5. The second-order valence-electron chi connectivity index (χ2n) is 7.58. The largest absolute Gasteiger partial charge is 0.469 e. The molecule has 0 unspecified atom stereocenters. The van der Waals surface area contributed by atoms with Crippen molar-refractivity contribution in [3.63, 3.8) is 0 Å². The van der Waals surface area contributed by atoms with Gasteiger partial charge in [0.15, 0.2) is 0 Å². The minimum absolute atomic E-state index is 0.0170. The highest BCUT2D eigenvalue weighted by molar-refractivity contribution is 5.73. The van der Waals surface area contributed by atoms with E-state index in [1.165, 1.54) is 7.11 Å². The molecule has 8 nitrogen and oxygen atoms in total. The Morgan fingerprint density at radius 3 is 2.50 bits per heavy atom. The third-order valence-corrected chi connectivity index (χ3v) is 5.41. The second kappa shape index (κ2) is 8.47. The maximum Gasteiger partial charge on any atom is 0.311 e. The molecule has 8 heteroatoms. The predicted molar refractivity (Wildman–Crippen MR) is 119 cm³/mol. The molecule has 3 aromatic rings. The van der Waals surface area contributed by atoms with Crippen LogP contribution >= 0.6 is 0 Å². The zero-order chi connectivity index (χ0) is 22.8. The molecule has 4 rings (SSSR count). The number of nitrogens with two attached hydrogens (primary N) is 1. The zero-order valence-electron chi connectivity index (χ0n) is 18.1. The quantitative estimate of drug-likeness (QED) is 0.622. The van der Waals surface area contributed by atoms with E-state index >= 15 is 0 Å². The molecule has 0 bridgehead atoms. The van der Waals surface area contributed by atoms with Gasteiger partial charge < -0.3 is 20.1 Å². The summed E-state index contributed by atoms with van der Waals surface area (Å²) in [6.07, 6.45) is -0.0626. The van der Waals surface area contributed by atoms with Crippen LogP contribution in [0.3, 0.4) is 0 Å². The monoisotopic (exact) mass is 429 g/mol. The van der Waals surface area contributed by atoms with Crippen molar-refractivity contribution in [2.75, 3.05) is 26.1 Å². The lowest BCUT2D eigenvalue weighted by atomic mass is 9.83. The van der Waals surface area contributed by atoms with Crippen LogP contribution in [0.15, 0.2) is 66.1 Å². The molecule has 2 heterocycles. The fraction of sp³-hybridized carbons (Fsp3) is 0.208. The van der Waals surface area contributed by atoms with Crippen molar-refractivity contribution in [1.29, 1.82) is 5.26 Å². The van der Waals surface area contributed by atoms with Gasteiger partial charge in [0.1, 0.15) is 11.6 Å². The molecular weight excluding hydrogens is 406 g/mol. The van der Waals surface area contributed by atoms with Crippen LogP contribution in [0.4, 0.5) is 5.69 Å². The van der Waals surface area contributed by atoms with E-state index in [9.17, 15) is 10.1 Å². The number of hydrogen-bond acceptors (Lipinski definition) is 7. The summed E-state index contributed by atoms with van der Waals surface area (Å²) in [4.78, 5) is 14.2. The molecular formula is C24H23N5O3. The average molecular weight is 429 g/mol. The topological polar surface area (TPSA) is 106 Å². The Kier molecular flexibility index (Phi) is 5.56. The van der Waals surface area contributed by atoms with Gasteiger partial charge in [-0.2, -0.15) is 10.4 Å². The Morgan fingerprint density at radius 1 is 1.22 bits per heavy atom. The molecule has 162 valence electrons. The molecule has 0 radical (unpaired) electrons. The summed E-state index contributed by atoms with van der Waals surface area (Å²) < 4.78 is 12.4. The molecule has 1 aliphatic heterocycles. The number of carbonyl (C=O) groups is 1. The van der Waals surface area contributed by atoms with Gasteiger partial charge >= 0.3 is 5.97 Å². The number of para-hydroxylation sites is 1. The first kappa shape index (κ1) is 21.0. The van der Waals surface area contributed by atoms with Crippen LogP contribution in [0.2, 0.25) is 0 Å². The molecule has 0 saturated carbocycles. The van der Waals surface area contributed by atoms with Crippen LogP contribution in [-0.4, -0.2) is 37.0 Å². The molecule has 1 aliphatic rings. The van der Waals surface area contributed by atoms with Gasteiger partial charge in [-0.05, 0) is 29.8 Å². The van der Waals surface area contributed by atoms with E-state index in [1.807, 2.05) is 73.6 Å². The number of ether oxygens (including phenoxy) is 2. The Bertz CT molecular complexity index is 1220. The van der Waals surface area contributed by atoms with Crippen LogP contribution in [0.25, 0.3) is 5.69 Å². The summed E-state index contributed by atoms with van der Waals surface area (Å²) in [5, 5.41) is 14.6. The maximum atomic E-state index is 12.2. The van der Waals surface area contributed by atoms with Crippen LogP contribution < -0.4 is 15.4 Å². The summed E-state index contributed by atoms with van der Waals surface area (Å²) >= 11 is 0. The second-order valence-corrected chi connectivity index (χ2v) is 7.58. The summed E-state index contributed by atoms with van der Waals surface area (Å²) in [7, 11) is 5.24. The predicted octanol–water partition coefficient (Wildman–Crippen LogP) is 2.87. The Balaban J connectivity index is 1.95. The number of benzene rings is 2. The van der Waals surface area contributed by atoms with E-state index in [0.717, 1.165) is 16.9 Å². The van der Waals surface area contributed by atoms with Crippen molar-refractivity contribution in [1.82, 2.24) is 9.78 Å². The SMILES string of the molecule is COC(=O)Cc1nn(-c2ccccc2)c2c1[C@@H](c1ccc(N(C)C)cc1)C(C#N)=C(N)O2. The molecule has 0 fully saturated rings. The smallest absolute Gasteiger partial charge is 0.311 e. The third kappa shape index (κ3) is 3.65. The molecule has 0 amide bonds. The molecule has 1 aromatic heterocycles. The number of hydrogen-bond donors (Lipinski definition) is 1. The van der Waals surface area contributed by atoms with Gasteiger partial charge in [-0.25, -0.2) is 4.68 Å². The van der Waals surface area contributed by atoms with E-state index in [2.05, 4.69) is 11.2 Å². The van der Waals surface area contributed by atoms with Crippen molar-refractivity contribution in [3.8, 4) is 17.6 Å². The van der Waals surface area contributed by atoms with Crippen molar-refractivity contribution >= 4 is 11.7 Å². The highest BCUT2D eigenvalue weighted by atomic mass is 16.5. The van der Waals surface area contributed by atoms with Gasteiger partial charge in [-0.3, -0.25) is 4.79 Å².